The van der Waals surface area contributed by atoms with Gasteiger partial charge in [-0.3, -0.25) is 4.79 Å². The van der Waals surface area contributed by atoms with Crippen LogP contribution in [-0.2, 0) is 6.61 Å². The van der Waals surface area contributed by atoms with Gasteiger partial charge in [0.25, 0.3) is 5.91 Å². The van der Waals surface area contributed by atoms with Crippen LogP contribution in [0.3, 0.4) is 0 Å². The van der Waals surface area contributed by atoms with Crippen LogP contribution < -0.4 is 14.8 Å². The zero-order chi connectivity index (χ0) is 25.6. The first-order valence-electron chi connectivity index (χ1n) is 11.7. The first kappa shape index (κ1) is 23.6. The van der Waals surface area contributed by atoms with Gasteiger partial charge in [-0.1, -0.05) is 54.6 Å². The number of carboxylic acid groups (broad SMARTS) is 1. The van der Waals surface area contributed by atoms with Crippen LogP contribution in [0.2, 0.25) is 0 Å². The molecule has 6 heteroatoms. The summed E-state index contributed by atoms with van der Waals surface area (Å²) in [6.45, 7) is 0.508. The van der Waals surface area contributed by atoms with Gasteiger partial charge in [0, 0.05) is 5.56 Å². The van der Waals surface area contributed by atoms with Gasteiger partial charge in [-0.25, -0.2) is 4.79 Å². The number of carboxylic acids is 1. The standard InChI is InChI=1S/C31H23NO5/c33-30(32-29-9-5-4-8-28(29)31(34)35)22-10-14-25(15-11-22)37-27-17-13-23-18-26(16-12-24(23)19-27)36-20-21-6-2-1-3-7-21/h1-19H,20H2,(H,32,33)(H,34,35). The van der Waals surface area contributed by atoms with Crippen molar-refractivity contribution in [2.24, 2.45) is 0 Å². The minimum absolute atomic E-state index is 0.0296. The van der Waals surface area contributed by atoms with Gasteiger partial charge in [0.2, 0.25) is 0 Å². The summed E-state index contributed by atoms with van der Waals surface area (Å²) in [6, 6.07) is 34.7. The number of nitrogens with one attached hydrogen (secondary N) is 1. The fourth-order valence-electron chi connectivity index (χ4n) is 3.88. The number of ether oxygens (including phenoxy) is 2. The van der Waals surface area contributed by atoms with Crippen LogP contribution >= 0.6 is 0 Å². The second-order valence-electron chi connectivity index (χ2n) is 8.38. The van der Waals surface area contributed by atoms with Crippen LogP contribution in [0.15, 0.2) is 115 Å². The molecule has 0 aromatic heterocycles. The third-order valence-electron chi connectivity index (χ3n) is 5.79. The number of carbonyl (C=O) groups is 2. The first-order chi connectivity index (χ1) is 18.0. The molecule has 37 heavy (non-hydrogen) atoms. The molecule has 0 aliphatic carbocycles. The lowest BCUT2D eigenvalue weighted by Crippen LogP contribution is -2.14. The summed E-state index contributed by atoms with van der Waals surface area (Å²) >= 11 is 0. The molecule has 0 aliphatic heterocycles. The Labute approximate surface area is 213 Å². The van der Waals surface area contributed by atoms with Crippen molar-refractivity contribution in [2.45, 2.75) is 6.61 Å². The van der Waals surface area contributed by atoms with Gasteiger partial charge in [0.05, 0.1) is 11.3 Å². The van der Waals surface area contributed by atoms with E-state index < -0.39 is 11.9 Å². The van der Waals surface area contributed by atoms with Gasteiger partial charge >= 0.3 is 5.97 Å². The highest BCUT2D eigenvalue weighted by Gasteiger charge is 2.13. The quantitative estimate of drug-likeness (QED) is 0.242. The van der Waals surface area contributed by atoms with Crippen molar-refractivity contribution >= 4 is 28.3 Å². The molecule has 2 N–H and O–H groups in total. The SMILES string of the molecule is O=C(Nc1ccccc1C(=O)O)c1ccc(Oc2ccc3cc(OCc4ccccc4)ccc3c2)cc1. The molecule has 0 radical (unpaired) electrons. The average molecular weight is 490 g/mol. The summed E-state index contributed by atoms with van der Waals surface area (Å²) in [6.07, 6.45) is 0. The van der Waals surface area contributed by atoms with Crippen molar-refractivity contribution in [3.8, 4) is 17.2 Å². The van der Waals surface area contributed by atoms with E-state index in [-0.39, 0.29) is 11.3 Å². The molecule has 6 nitrogen and oxygen atoms in total. The summed E-state index contributed by atoms with van der Waals surface area (Å²) in [5.74, 6) is 0.523. The Bertz CT molecular complexity index is 1560. The van der Waals surface area contributed by atoms with Gasteiger partial charge in [-0.05, 0) is 77.0 Å². The molecule has 0 heterocycles. The fraction of sp³-hybridized carbons (Fsp3) is 0.0323. The van der Waals surface area contributed by atoms with Gasteiger partial charge in [0.1, 0.15) is 23.9 Å². The van der Waals surface area contributed by atoms with E-state index in [1.165, 1.54) is 6.07 Å². The molecule has 0 spiro atoms. The summed E-state index contributed by atoms with van der Waals surface area (Å²) in [4.78, 5) is 24.0. The third kappa shape index (κ3) is 5.77. The predicted octanol–water partition coefficient (Wildman–Crippen LogP) is 7.16. The molecular formula is C31H23NO5. The Kier molecular flexibility index (Phi) is 6.81. The lowest BCUT2D eigenvalue weighted by molar-refractivity contribution is 0.0698. The van der Waals surface area contributed by atoms with Crippen LogP contribution in [0.1, 0.15) is 26.3 Å². The second kappa shape index (κ2) is 10.7. The Balaban J connectivity index is 1.23. The molecule has 0 fully saturated rings. The van der Waals surface area contributed by atoms with Crippen LogP contribution in [-0.4, -0.2) is 17.0 Å². The summed E-state index contributed by atoms with van der Waals surface area (Å²) in [7, 11) is 0. The number of hydrogen-bond donors (Lipinski definition) is 2. The lowest BCUT2D eigenvalue weighted by Gasteiger charge is -2.11. The van der Waals surface area contributed by atoms with Crippen LogP contribution in [0.25, 0.3) is 10.8 Å². The average Bonchev–Trinajstić information content (AvgIpc) is 2.93. The Morgan fingerprint density at radius 1 is 0.676 bits per heavy atom. The number of hydrogen-bond acceptors (Lipinski definition) is 4. The van der Waals surface area contributed by atoms with E-state index in [1.54, 1.807) is 42.5 Å². The zero-order valence-electron chi connectivity index (χ0n) is 19.8. The zero-order valence-corrected chi connectivity index (χ0v) is 19.8. The molecule has 182 valence electrons. The number of benzene rings is 5. The normalized spacial score (nSPS) is 10.6. The number of rotatable bonds is 8. The van der Waals surface area contributed by atoms with E-state index in [2.05, 4.69) is 5.32 Å². The molecule has 1 amide bonds. The Morgan fingerprint density at radius 3 is 2.03 bits per heavy atom. The monoisotopic (exact) mass is 489 g/mol. The van der Waals surface area contributed by atoms with Crippen molar-refractivity contribution in [1.29, 1.82) is 0 Å². The van der Waals surface area contributed by atoms with Gasteiger partial charge in [-0.15, -0.1) is 0 Å². The van der Waals surface area contributed by atoms with E-state index in [1.807, 2.05) is 66.7 Å². The fourth-order valence-corrected chi connectivity index (χ4v) is 3.88. The first-order valence-corrected chi connectivity index (χ1v) is 11.7. The molecule has 0 aliphatic rings. The molecule has 0 atom stereocenters. The number of aromatic carboxylic acids is 1. The van der Waals surface area contributed by atoms with Crippen LogP contribution in [0, 0.1) is 0 Å². The van der Waals surface area contributed by atoms with E-state index in [0.717, 1.165) is 22.1 Å². The largest absolute Gasteiger partial charge is 0.489 e. The number of para-hydroxylation sites is 1. The van der Waals surface area contributed by atoms with Crippen molar-refractivity contribution in [1.82, 2.24) is 0 Å². The molecule has 5 aromatic rings. The summed E-state index contributed by atoms with van der Waals surface area (Å²) in [5.41, 5.74) is 1.76. The molecule has 0 bridgehead atoms. The third-order valence-corrected chi connectivity index (χ3v) is 5.79. The van der Waals surface area contributed by atoms with E-state index in [0.29, 0.717) is 23.7 Å². The molecule has 5 rings (SSSR count). The van der Waals surface area contributed by atoms with Crippen molar-refractivity contribution < 1.29 is 24.2 Å². The maximum absolute atomic E-state index is 12.6. The maximum Gasteiger partial charge on any atom is 0.337 e. The Morgan fingerprint density at radius 2 is 1.30 bits per heavy atom. The topological polar surface area (TPSA) is 84.9 Å². The predicted molar refractivity (Wildman–Crippen MR) is 143 cm³/mol. The number of amides is 1. The molecule has 0 saturated carbocycles. The maximum atomic E-state index is 12.6. The minimum atomic E-state index is -1.11. The Hall–Kier alpha value is -5.10. The lowest BCUT2D eigenvalue weighted by atomic mass is 10.1. The molecule has 0 saturated heterocycles. The highest BCUT2D eigenvalue weighted by atomic mass is 16.5. The highest BCUT2D eigenvalue weighted by Crippen LogP contribution is 2.29. The smallest absolute Gasteiger partial charge is 0.337 e. The van der Waals surface area contributed by atoms with Gasteiger partial charge < -0.3 is 19.9 Å². The number of anilines is 1. The highest BCUT2D eigenvalue weighted by molar-refractivity contribution is 6.07. The molecular weight excluding hydrogens is 466 g/mol. The van der Waals surface area contributed by atoms with Gasteiger partial charge in [0.15, 0.2) is 0 Å². The van der Waals surface area contributed by atoms with E-state index >= 15 is 0 Å². The number of carbonyl (C=O) groups excluding carboxylic acids is 1. The van der Waals surface area contributed by atoms with E-state index in [4.69, 9.17) is 9.47 Å². The van der Waals surface area contributed by atoms with Crippen LogP contribution in [0.5, 0.6) is 17.2 Å². The summed E-state index contributed by atoms with van der Waals surface area (Å²) < 4.78 is 11.9. The number of fused-ring (bicyclic) bond motifs is 1. The van der Waals surface area contributed by atoms with E-state index in [9.17, 15) is 14.7 Å². The summed E-state index contributed by atoms with van der Waals surface area (Å²) in [5, 5.41) is 14.0. The van der Waals surface area contributed by atoms with Crippen LogP contribution in [0.4, 0.5) is 5.69 Å². The van der Waals surface area contributed by atoms with Crippen molar-refractivity contribution in [3.05, 3.63) is 132 Å². The molecule has 5 aromatic carbocycles. The second-order valence-corrected chi connectivity index (χ2v) is 8.38. The molecule has 0 unspecified atom stereocenters. The van der Waals surface area contributed by atoms with Crippen molar-refractivity contribution in [2.75, 3.05) is 5.32 Å². The van der Waals surface area contributed by atoms with Gasteiger partial charge in [-0.2, -0.15) is 0 Å². The minimum Gasteiger partial charge on any atom is -0.489 e. The van der Waals surface area contributed by atoms with Crippen molar-refractivity contribution in [3.63, 3.8) is 0 Å².